The second kappa shape index (κ2) is 8.73. The zero-order valence-corrected chi connectivity index (χ0v) is 13.8. The summed E-state index contributed by atoms with van der Waals surface area (Å²) in [4.78, 5) is 25.4. The van der Waals surface area contributed by atoms with Gasteiger partial charge >= 0.3 is 6.18 Å². The number of benzene rings is 1. The van der Waals surface area contributed by atoms with Gasteiger partial charge in [-0.1, -0.05) is 18.6 Å². The number of amides is 2. The summed E-state index contributed by atoms with van der Waals surface area (Å²) < 4.78 is 40.8. The summed E-state index contributed by atoms with van der Waals surface area (Å²) in [6, 6.07) is 6.02. The molecular formula is C17H21F3N2O3. The largest absolute Gasteiger partial charge is 0.484 e. The van der Waals surface area contributed by atoms with Gasteiger partial charge in [0.1, 0.15) is 5.75 Å². The van der Waals surface area contributed by atoms with Crippen molar-refractivity contribution in [2.75, 3.05) is 19.7 Å². The fourth-order valence-corrected chi connectivity index (χ4v) is 2.50. The summed E-state index contributed by atoms with van der Waals surface area (Å²) in [5, 5.41) is 2.71. The molecule has 8 heteroatoms. The minimum absolute atomic E-state index is 0.00110. The maximum atomic E-state index is 12.1. The number of nitrogens with one attached hydrogen (secondary N) is 1. The van der Waals surface area contributed by atoms with Crippen molar-refractivity contribution in [1.82, 2.24) is 10.2 Å². The highest BCUT2D eigenvalue weighted by molar-refractivity contribution is 5.84. The summed E-state index contributed by atoms with van der Waals surface area (Å²) in [5.74, 6) is -0.144. The molecule has 0 radical (unpaired) electrons. The summed E-state index contributed by atoms with van der Waals surface area (Å²) in [6.07, 6.45) is -1.14. The fourth-order valence-electron chi connectivity index (χ4n) is 2.50. The number of carbonyl (C=O) groups is 2. The molecule has 1 aromatic rings. The maximum absolute atomic E-state index is 12.1. The first-order valence-electron chi connectivity index (χ1n) is 8.16. The van der Waals surface area contributed by atoms with Gasteiger partial charge in [0.15, 0.2) is 6.61 Å². The predicted molar refractivity (Wildman–Crippen MR) is 84.9 cm³/mol. The number of carbonyl (C=O) groups excluding carboxylic acids is 2. The Labute approximate surface area is 144 Å². The second-order valence-electron chi connectivity index (χ2n) is 5.95. The van der Waals surface area contributed by atoms with Gasteiger partial charge in [-0.3, -0.25) is 9.59 Å². The van der Waals surface area contributed by atoms with E-state index in [1.807, 2.05) is 0 Å². The van der Waals surface area contributed by atoms with Crippen molar-refractivity contribution in [3.05, 3.63) is 29.8 Å². The van der Waals surface area contributed by atoms with Gasteiger partial charge in [0.2, 0.25) is 11.8 Å². The molecule has 138 valence electrons. The normalized spacial score (nSPS) is 15.6. The molecular weight excluding hydrogens is 337 g/mol. The third kappa shape index (κ3) is 7.03. The number of hydrogen-bond acceptors (Lipinski definition) is 3. The van der Waals surface area contributed by atoms with Crippen molar-refractivity contribution < 1.29 is 27.5 Å². The smallest absolute Gasteiger partial charge is 0.422 e. The molecule has 1 saturated heterocycles. The Bertz CT molecular complexity index is 588. The van der Waals surface area contributed by atoms with E-state index in [1.165, 1.54) is 12.1 Å². The summed E-state index contributed by atoms with van der Waals surface area (Å²) in [5.41, 5.74) is 0.731. The molecule has 2 rings (SSSR count). The average molecular weight is 358 g/mol. The Hall–Kier alpha value is -2.25. The maximum Gasteiger partial charge on any atom is 0.422 e. The van der Waals surface area contributed by atoms with Gasteiger partial charge in [-0.2, -0.15) is 13.2 Å². The molecule has 0 atom stereocenters. The van der Waals surface area contributed by atoms with Crippen LogP contribution in [0.5, 0.6) is 5.75 Å². The van der Waals surface area contributed by atoms with E-state index in [0.717, 1.165) is 24.8 Å². The van der Waals surface area contributed by atoms with Crippen molar-refractivity contribution in [1.29, 1.82) is 0 Å². The fraction of sp³-hybridized carbons (Fsp3) is 0.529. The minimum atomic E-state index is -4.38. The summed E-state index contributed by atoms with van der Waals surface area (Å²) in [6.45, 7) is -0.476. The van der Waals surface area contributed by atoms with Crippen LogP contribution >= 0.6 is 0 Å². The van der Waals surface area contributed by atoms with E-state index < -0.39 is 12.8 Å². The minimum Gasteiger partial charge on any atom is -0.484 e. The number of alkyl halides is 3. The monoisotopic (exact) mass is 358 g/mol. The van der Waals surface area contributed by atoms with Crippen molar-refractivity contribution in [3.8, 4) is 5.75 Å². The zero-order valence-electron chi connectivity index (χ0n) is 13.8. The average Bonchev–Trinajstić information content (AvgIpc) is 2.76. The molecule has 0 aliphatic carbocycles. The summed E-state index contributed by atoms with van der Waals surface area (Å²) in [7, 11) is 0. The molecule has 1 fully saturated rings. The number of likely N-dealkylation sites (tertiary alicyclic amines) is 1. The second-order valence-corrected chi connectivity index (χ2v) is 5.95. The first-order chi connectivity index (χ1) is 11.8. The SMILES string of the molecule is O=C(CN1CCCCCC1=O)NCc1ccc(OCC(F)(F)F)cc1. The van der Waals surface area contributed by atoms with Crippen molar-refractivity contribution in [2.45, 2.75) is 38.4 Å². The van der Waals surface area contributed by atoms with Gasteiger partial charge in [-0.25, -0.2) is 0 Å². The Morgan fingerprint density at radius 3 is 2.56 bits per heavy atom. The van der Waals surface area contributed by atoms with E-state index in [0.29, 0.717) is 13.0 Å². The molecule has 1 heterocycles. The Balaban J connectivity index is 1.76. The van der Waals surface area contributed by atoms with Crippen molar-refractivity contribution in [2.24, 2.45) is 0 Å². The molecule has 25 heavy (non-hydrogen) atoms. The molecule has 0 unspecified atom stereocenters. The lowest BCUT2D eigenvalue weighted by atomic mass is 10.2. The van der Waals surface area contributed by atoms with Crippen LogP contribution in [0.3, 0.4) is 0 Å². The lowest BCUT2D eigenvalue weighted by Gasteiger charge is -2.19. The van der Waals surface area contributed by atoms with E-state index in [2.05, 4.69) is 10.1 Å². The van der Waals surface area contributed by atoms with Crippen LogP contribution in [0.2, 0.25) is 0 Å². The zero-order chi connectivity index (χ0) is 18.3. The van der Waals surface area contributed by atoms with Crippen LogP contribution in [-0.4, -0.2) is 42.6 Å². The number of ether oxygens (including phenoxy) is 1. The van der Waals surface area contributed by atoms with Crippen LogP contribution in [0, 0.1) is 0 Å². The van der Waals surface area contributed by atoms with Crippen molar-refractivity contribution in [3.63, 3.8) is 0 Å². The lowest BCUT2D eigenvalue weighted by molar-refractivity contribution is -0.153. The number of rotatable bonds is 6. The molecule has 0 bridgehead atoms. The quantitative estimate of drug-likeness (QED) is 0.851. The standard InChI is InChI=1S/C17H21F3N2O3/c18-17(19,20)12-25-14-7-5-13(6-8-14)10-21-15(23)11-22-9-3-1-2-4-16(22)24/h5-8H,1-4,9-12H2,(H,21,23). The van der Waals surface area contributed by atoms with Gasteiger partial charge in [-0.05, 0) is 30.5 Å². The molecule has 1 aliphatic rings. The number of halogens is 3. The molecule has 0 aromatic heterocycles. The lowest BCUT2D eigenvalue weighted by Crippen LogP contribution is -2.40. The molecule has 5 nitrogen and oxygen atoms in total. The van der Waals surface area contributed by atoms with Gasteiger partial charge < -0.3 is 15.0 Å². The van der Waals surface area contributed by atoms with Gasteiger partial charge in [-0.15, -0.1) is 0 Å². The van der Waals surface area contributed by atoms with Crippen LogP contribution < -0.4 is 10.1 Å². The van der Waals surface area contributed by atoms with Crippen LogP contribution in [0.4, 0.5) is 13.2 Å². The predicted octanol–water partition coefficient (Wildman–Crippen LogP) is 2.65. The van der Waals surface area contributed by atoms with Gasteiger partial charge in [0.05, 0.1) is 6.54 Å². The highest BCUT2D eigenvalue weighted by Gasteiger charge is 2.28. The molecule has 2 amide bonds. The van der Waals surface area contributed by atoms with E-state index in [4.69, 9.17) is 0 Å². The van der Waals surface area contributed by atoms with E-state index >= 15 is 0 Å². The molecule has 1 aromatic carbocycles. The Morgan fingerprint density at radius 2 is 1.88 bits per heavy atom. The highest BCUT2D eigenvalue weighted by Crippen LogP contribution is 2.18. The number of nitrogens with zero attached hydrogens (tertiary/aromatic N) is 1. The van der Waals surface area contributed by atoms with E-state index in [1.54, 1.807) is 17.0 Å². The molecule has 0 saturated carbocycles. The van der Waals surface area contributed by atoms with E-state index in [9.17, 15) is 22.8 Å². The first-order valence-corrected chi connectivity index (χ1v) is 8.16. The highest BCUT2D eigenvalue weighted by atomic mass is 19.4. The first kappa shape index (κ1) is 19.1. The van der Waals surface area contributed by atoms with Crippen LogP contribution in [-0.2, 0) is 16.1 Å². The molecule has 0 spiro atoms. The van der Waals surface area contributed by atoms with Crippen molar-refractivity contribution >= 4 is 11.8 Å². The third-order valence-electron chi connectivity index (χ3n) is 3.82. The van der Waals surface area contributed by atoms with Gasteiger partial charge in [0.25, 0.3) is 0 Å². The molecule has 1 aliphatic heterocycles. The van der Waals surface area contributed by atoms with Crippen LogP contribution in [0.15, 0.2) is 24.3 Å². The Kier molecular flexibility index (Phi) is 6.66. The topological polar surface area (TPSA) is 58.6 Å². The summed E-state index contributed by atoms with van der Waals surface area (Å²) >= 11 is 0. The number of hydrogen-bond donors (Lipinski definition) is 1. The van der Waals surface area contributed by atoms with Crippen LogP contribution in [0.1, 0.15) is 31.2 Å². The Morgan fingerprint density at radius 1 is 1.16 bits per heavy atom. The van der Waals surface area contributed by atoms with Crippen LogP contribution in [0.25, 0.3) is 0 Å². The third-order valence-corrected chi connectivity index (χ3v) is 3.82. The van der Waals surface area contributed by atoms with Gasteiger partial charge in [0, 0.05) is 19.5 Å². The van der Waals surface area contributed by atoms with E-state index in [-0.39, 0.29) is 30.7 Å². The molecule has 1 N–H and O–H groups in total.